The number of rotatable bonds is 5. The van der Waals surface area contributed by atoms with Crippen molar-refractivity contribution in [1.82, 2.24) is 4.90 Å². The maximum Gasteiger partial charge on any atom is 0.00927 e. The Morgan fingerprint density at radius 3 is 2.62 bits per heavy atom. The van der Waals surface area contributed by atoms with E-state index in [2.05, 4.69) is 32.6 Å². The van der Waals surface area contributed by atoms with Crippen molar-refractivity contribution >= 4 is 0 Å². The highest BCUT2D eigenvalue weighted by Gasteiger charge is 2.27. The summed E-state index contributed by atoms with van der Waals surface area (Å²) in [5.74, 6) is 2.42. The fraction of sp³-hybridized carbons (Fsp3) is 1.00. The van der Waals surface area contributed by atoms with E-state index in [1.165, 1.54) is 32.4 Å². The first kappa shape index (κ1) is 14.0. The molecule has 4 unspecified atom stereocenters. The molecule has 1 aliphatic heterocycles. The maximum absolute atomic E-state index is 5.65. The molecule has 1 rings (SSSR count). The van der Waals surface area contributed by atoms with Gasteiger partial charge in [0.15, 0.2) is 0 Å². The van der Waals surface area contributed by atoms with Crippen LogP contribution in [0, 0.1) is 17.8 Å². The minimum absolute atomic E-state index is 0.690. The van der Waals surface area contributed by atoms with Gasteiger partial charge in [0.2, 0.25) is 0 Å². The van der Waals surface area contributed by atoms with Gasteiger partial charge in [-0.2, -0.15) is 0 Å². The van der Waals surface area contributed by atoms with Gasteiger partial charge in [-0.1, -0.05) is 20.8 Å². The van der Waals surface area contributed by atoms with E-state index < -0.39 is 0 Å². The molecule has 0 aromatic rings. The van der Waals surface area contributed by atoms with Gasteiger partial charge in [-0.15, -0.1) is 0 Å². The summed E-state index contributed by atoms with van der Waals surface area (Å²) in [5, 5.41) is 0. The summed E-state index contributed by atoms with van der Waals surface area (Å²) >= 11 is 0. The van der Waals surface area contributed by atoms with Crippen LogP contribution in [0.5, 0.6) is 0 Å². The number of piperidine rings is 1. The number of hydrogen-bond donors (Lipinski definition) is 1. The highest BCUT2D eigenvalue weighted by atomic mass is 15.2. The number of likely N-dealkylation sites (tertiary alicyclic amines) is 1. The summed E-state index contributed by atoms with van der Waals surface area (Å²) < 4.78 is 0. The molecule has 2 nitrogen and oxygen atoms in total. The lowest BCUT2D eigenvalue weighted by Crippen LogP contribution is -2.46. The average molecular weight is 226 g/mol. The molecule has 16 heavy (non-hydrogen) atoms. The molecule has 0 saturated carbocycles. The zero-order valence-corrected chi connectivity index (χ0v) is 11.6. The fourth-order valence-corrected chi connectivity index (χ4v) is 2.89. The fourth-order valence-electron chi connectivity index (χ4n) is 2.89. The summed E-state index contributed by atoms with van der Waals surface area (Å²) in [6.07, 6.45) is 3.99. The van der Waals surface area contributed by atoms with Gasteiger partial charge in [-0.3, -0.25) is 0 Å². The largest absolute Gasteiger partial charge is 0.330 e. The van der Waals surface area contributed by atoms with E-state index in [0.717, 1.165) is 24.4 Å². The van der Waals surface area contributed by atoms with E-state index in [4.69, 9.17) is 5.73 Å². The number of nitrogens with two attached hydrogens (primary N) is 1. The third kappa shape index (κ3) is 4.06. The lowest BCUT2D eigenvalue weighted by molar-refractivity contribution is 0.0772. The Labute approximate surface area is 102 Å². The first-order valence-electron chi connectivity index (χ1n) is 6.98. The molecule has 1 aliphatic rings. The summed E-state index contributed by atoms with van der Waals surface area (Å²) in [7, 11) is 0. The minimum atomic E-state index is 0.690. The summed E-state index contributed by atoms with van der Waals surface area (Å²) in [5.41, 5.74) is 5.65. The monoisotopic (exact) mass is 226 g/mol. The van der Waals surface area contributed by atoms with Crippen LogP contribution in [0.3, 0.4) is 0 Å². The predicted molar refractivity (Wildman–Crippen MR) is 71.4 cm³/mol. The Morgan fingerprint density at radius 2 is 2.00 bits per heavy atom. The molecule has 1 saturated heterocycles. The van der Waals surface area contributed by atoms with Crippen LogP contribution in [-0.4, -0.2) is 30.6 Å². The Hall–Kier alpha value is -0.0800. The van der Waals surface area contributed by atoms with Crippen molar-refractivity contribution in [2.45, 2.75) is 53.0 Å². The molecular formula is C14H30N2. The molecule has 1 heterocycles. The van der Waals surface area contributed by atoms with Crippen molar-refractivity contribution in [2.24, 2.45) is 23.5 Å². The molecule has 0 aliphatic carbocycles. The second-order valence-corrected chi connectivity index (χ2v) is 6.04. The van der Waals surface area contributed by atoms with Gasteiger partial charge in [0, 0.05) is 12.6 Å². The van der Waals surface area contributed by atoms with Crippen LogP contribution < -0.4 is 5.73 Å². The van der Waals surface area contributed by atoms with Crippen molar-refractivity contribution in [3.05, 3.63) is 0 Å². The summed E-state index contributed by atoms with van der Waals surface area (Å²) in [6, 6.07) is 0.768. The smallest absolute Gasteiger partial charge is 0.00927 e. The van der Waals surface area contributed by atoms with E-state index in [-0.39, 0.29) is 0 Å². The molecule has 0 aromatic carbocycles. The van der Waals surface area contributed by atoms with Crippen molar-refractivity contribution in [2.75, 3.05) is 19.6 Å². The molecule has 2 heteroatoms. The molecular weight excluding hydrogens is 196 g/mol. The van der Waals surface area contributed by atoms with Crippen molar-refractivity contribution < 1.29 is 0 Å². The maximum atomic E-state index is 5.65. The SMILES string of the molecule is CC(CN)CCCN1CC(C)CC(C)C1C. The second kappa shape index (κ2) is 6.61. The van der Waals surface area contributed by atoms with Crippen molar-refractivity contribution in [3.63, 3.8) is 0 Å². The average Bonchev–Trinajstić information content (AvgIpc) is 2.24. The molecule has 0 bridgehead atoms. The van der Waals surface area contributed by atoms with Gasteiger partial charge in [0.05, 0.1) is 0 Å². The molecule has 4 atom stereocenters. The Bertz CT molecular complexity index is 193. The van der Waals surface area contributed by atoms with Crippen molar-refractivity contribution in [3.8, 4) is 0 Å². The van der Waals surface area contributed by atoms with Gasteiger partial charge >= 0.3 is 0 Å². The number of hydrogen-bond acceptors (Lipinski definition) is 2. The zero-order valence-electron chi connectivity index (χ0n) is 11.6. The molecule has 1 fully saturated rings. The molecule has 0 radical (unpaired) electrons. The first-order chi connectivity index (χ1) is 7.54. The normalized spacial score (nSPS) is 33.9. The molecule has 2 N–H and O–H groups in total. The van der Waals surface area contributed by atoms with Gasteiger partial charge in [-0.25, -0.2) is 0 Å². The van der Waals surface area contributed by atoms with E-state index in [9.17, 15) is 0 Å². The second-order valence-electron chi connectivity index (χ2n) is 6.04. The van der Waals surface area contributed by atoms with Crippen LogP contribution in [0.1, 0.15) is 47.0 Å². The Balaban J connectivity index is 2.29. The lowest BCUT2D eigenvalue weighted by Gasteiger charge is -2.41. The van der Waals surface area contributed by atoms with E-state index in [0.29, 0.717) is 5.92 Å². The summed E-state index contributed by atoms with van der Waals surface area (Å²) in [6.45, 7) is 12.8. The molecule has 0 amide bonds. The summed E-state index contributed by atoms with van der Waals surface area (Å²) in [4.78, 5) is 2.68. The molecule has 96 valence electrons. The van der Waals surface area contributed by atoms with Crippen LogP contribution in [-0.2, 0) is 0 Å². The van der Waals surface area contributed by atoms with E-state index >= 15 is 0 Å². The highest BCUT2D eigenvalue weighted by molar-refractivity contribution is 4.81. The van der Waals surface area contributed by atoms with Crippen molar-refractivity contribution in [1.29, 1.82) is 0 Å². The van der Waals surface area contributed by atoms with Crippen LogP contribution in [0.25, 0.3) is 0 Å². The van der Waals surface area contributed by atoms with Gasteiger partial charge in [0.25, 0.3) is 0 Å². The van der Waals surface area contributed by atoms with E-state index in [1.54, 1.807) is 0 Å². The van der Waals surface area contributed by atoms with Gasteiger partial charge in [-0.05, 0) is 57.0 Å². The lowest BCUT2D eigenvalue weighted by atomic mass is 9.86. The zero-order chi connectivity index (χ0) is 12.1. The van der Waals surface area contributed by atoms with Gasteiger partial charge < -0.3 is 10.6 Å². The van der Waals surface area contributed by atoms with Crippen LogP contribution in [0.2, 0.25) is 0 Å². The van der Waals surface area contributed by atoms with Crippen LogP contribution in [0.4, 0.5) is 0 Å². The standard InChI is InChI=1S/C14H30N2/c1-11(9-15)6-5-7-16-10-12(2)8-13(3)14(16)4/h11-14H,5-10,15H2,1-4H3. The van der Waals surface area contributed by atoms with Crippen LogP contribution >= 0.6 is 0 Å². The minimum Gasteiger partial charge on any atom is -0.330 e. The molecule has 0 spiro atoms. The van der Waals surface area contributed by atoms with Crippen LogP contribution in [0.15, 0.2) is 0 Å². The quantitative estimate of drug-likeness (QED) is 0.781. The predicted octanol–water partition coefficient (Wildman–Crippen LogP) is 2.73. The molecule has 0 aromatic heterocycles. The number of nitrogens with zero attached hydrogens (tertiary/aromatic N) is 1. The highest BCUT2D eigenvalue weighted by Crippen LogP contribution is 2.27. The van der Waals surface area contributed by atoms with E-state index in [1.807, 2.05) is 0 Å². The topological polar surface area (TPSA) is 29.3 Å². The third-order valence-corrected chi connectivity index (χ3v) is 4.26. The Kier molecular flexibility index (Phi) is 5.77. The first-order valence-corrected chi connectivity index (χ1v) is 6.98. The Morgan fingerprint density at radius 1 is 1.31 bits per heavy atom. The van der Waals surface area contributed by atoms with Gasteiger partial charge in [0.1, 0.15) is 0 Å². The third-order valence-electron chi connectivity index (χ3n) is 4.26.